The van der Waals surface area contributed by atoms with Crippen LogP contribution in [0.25, 0.3) is 0 Å². The number of hydrogen-bond donors (Lipinski definition) is 1. The minimum atomic E-state index is -5.08. The van der Waals surface area contributed by atoms with Crippen LogP contribution in [0.5, 0.6) is 5.75 Å². The van der Waals surface area contributed by atoms with E-state index in [-0.39, 0.29) is 6.42 Å². The lowest BCUT2D eigenvalue weighted by molar-refractivity contribution is -0.175. The van der Waals surface area contributed by atoms with Gasteiger partial charge in [0.05, 0.1) is 14.2 Å². The second-order valence-electron chi connectivity index (χ2n) is 4.06. The lowest BCUT2D eigenvalue weighted by Crippen LogP contribution is -2.48. The molecule has 0 aromatic heterocycles. The molecular formula is C13H14F3NO4. The molecule has 0 bridgehead atoms. The summed E-state index contributed by atoms with van der Waals surface area (Å²) in [5, 5.41) is 1.61. The van der Waals surface area contributed by atoms with Crippen molar-refractivity contribution in [1.29, 1.82) is 0 Å². The van der Waals surface area contributed by atoms with Crippen molar-refractivity contribution in [2.45, 2.75) is 18.6 Å². The SMILES string of the molecule is COC(=O)[C@H](Cc1ccccc1OC)NC(=O)C(F)(F)F. The third-order valence-electron chi connectivity index (χ3n) is 2.67. The van der Waals surface area contributed by atoms with Crippen molar-refractivity contribution < 1.29 is 32.2 Å². The van der Waals surface area contributed by atoms with Crippen LogP contribution in [0.2, 0.25) is 0 Å². The standard InChI is InChI=1S/C13H14F3NO4/c1-20-10-6-4-3-5-8(10)7-9(11(18)21-2)17-12(19)13(14,15)16/h3-6,9H,7H2,1-2H3,(H,17,19)/t9-/m0/s1. The van der Waals surface area contributed by atoms with Crippen LogP contribution in [0, 0.1) is 0 Å². The summed E-state index contributed by atoms with van der Waals surface area (Å²) < 4.78 is 46.3. The number of hydrogen-bond acceptors (Lipinski definition) is 4. The highest BCUT2D eigenvalue weighted by atomic mass is 19.4. The Balaban J connectivity index is 2.94. The molecular weight excluding hydrogens is 291 g/mol. The van der Waals surface area contributed by atoms with E-state index in [4.69, 9.17) is 4.74 Å². The van der Waals surface area contributed by atoms with Crippen molar-refractivity contribution in [2.75, 3.05) is 14.2 Å². The van der Waals surface area contributed by atoms with Gasteiger partial charge in [-0.05, 0) is 11.6 Å². The number of alkyl halides is 3. The van der Waals surface area contributed by atoms with Crippen molar-refractivity contribution in [3.8, 4) is 5.75 Å². The minimum absolute atomic E-state index is 0.182. The van der Waals surface area contributed by atoms with Crippen LogP contribution in [0.1, 0.15) is 5.56 Å². The summed E-state index contributed by atoms with van der Waals surface area (Å²) in [6.07, 6.45) is -5.26. The van der Waals surface area contributed by atoms with Gasteiger partial charge in [-0.1, -0.05) is 18.2 Å². The Labute approximate surface area is 119 Å². The first-order valence-corrected chi connectivity index (χ1v) is 5.87. The maximum Gasteiger partial charge on any atom is 0.471 e. The predicted octanol–water partition coefficient (Wildman–Crippen LogP) is 1.46. The number of amides is 1. The Hall–Kier alpha value is -2.25. The fourth-order valence-electron chi connectivity index (χ4n) is 1.67. The van der Waals surface area contributed by atoms with Gasteiger partial charge in [0.2, 0.25) is 0 Å². The van der Waals surface area contributed by atoms with Crippen LogP contribution < -0.4 is 10.1 Å². The average molecular weight is 305 g/mol. The Morgan fingerprint density at radius 2 is 1.86 bits per heavy atom. The molecule has 1 aromatic rings. The molecule has 1 atom stereocenters. The molecule has 0 aliphatic rings. The zero-order valence-corrected chi connectivity index (χ0v) is 11.4. The lowest BCUT2D eigenvalue weighted by Gasteiger charge is -2.18. The minimum Gasteiger partial charge on any atom is -0.496 e. The van der Waals surface area contributed by atoms with Gasteiger partial charge in [-0.3, -0.25) is 4.79 Å². The molecule has 0 radical (unpaired) electrons. The van der Waals surface area contributed by atoms with Gasteiger partial charge in [0.15, 0.2) is 0 Å². The summed E-state index contributed by atoms with van der Waals surface area (Å²) in [6.45, 7) is 0. The first-order valence-electron chi connectivity index (χ1n) is 5.87. The van der Waals surface area contributed by atoms with Crippen LogP contribution in [0.4, 0.5) is 13.2 Å². The zero-order valence-electron chi connectivity index (χ0n) is 11.4. The van der Waals surface area contributed by atoms with Gasteiger partial charge >= 0.3 is 18.1 Å². The number of methoxy groups -OCH3 is 2. The van der Waals surface area contributed by atoms with Crippen molar-refractivity contribution in [2.24, 2.45) is 0 Å². The van der Waals surface area contributed by atoms with E-state index in [1.165, 1.54) is 7.11 Å². The normalized spacial score (nSPS) is 12.4. The third kappa shape index (κ3) is 4.66. The molecule has 1 aromatic carbocycles. The van der Waals surface area contributed by atoms with Gasteiger partial charge in [-0.25, -0.2) is 4.79 Å². The molecule has 1 amide bonds. The maximum atomic E-state index is 12.3. The predicted molar refractivity (Wildman–Crippen MR) is 66.7 cm³/mol. The number of esters is 1. The molecule has 0 unspecified atom stereocenters. The van der Waals surface area contributed by atoms with Gasteiger partial charge in [0, 0.05) is 6.42 Å². The van der Waals surface area contributed by atoms with Gasteiger partial charge in [-0.15, -0.1) is 0 Å². The fraction of sp³-hybridized carbons (Fsp3) is 0.385. The number of carbonyl (C=O) groups excluding carboxylic acids is 2. The van der Waals surface area contributed by atoms with Crippen LogP contribution >= 0.6 is 0 Å². The average Bonchev–Trinajstić information content (AvgIpc) is 2.45. The Morgan fingerprint density at radius 1 is 1.24 bits per heavy atom. The fourth-order valence-corrected chi connectivity index (χ4v) is 1.67. The number of nitrogens with one attached hydrogen (secondary N) is 1. The molecule has 5 nitrogen and oxygen atoms in total. The summed E-state index contributed by atoms with van der Waals surface area (Å²) in [5.74, 6) is -2.78. The smallest absolute Gasteiger partial charge is 0.471 e. The Kier molecular flexibility index (Phi) is 5.57. The van der Waals surface area contributed by atoms with Crippen LogP contribution in [0.15, 0.2) is 24.3 Å². The summed E-state index contributed by atoms with van der Waals surface area (Å²) in [7, 11) is 2.41. The largest absolute Gasteiger partial charge is 0.496 e. The van der Waals surface area contributed by atoms with E-state index in [9.17, 15) is 22.8 Å². The van der Waals surface area contributed by atoms with Gasteiger partial charge in [0.25, 0.3) is 0 Å². The molecule has 0 saturated heterocycles. The first-order chi connectivity index (χ1) is 9.79. The summed E-state index contributed by atoms with van der Waals surface area (Å²) in [6, 6.07) is 5.02. The van der Waals surface area contributed by atoms with E-state index in [0.717, 1.165) is 7.11 Å². The molecule has 8 heteroatoms. The molecule has 0 saturated carbocycles. The molecule has 1 rings (SSSR count). The molecule has 0 aliphatic carbocycles. The van der Waals surface area contributed by atoms with Crippen LogP contribution in [-0.4, -0.2) is 38.3 Å². The quantitative estimate of drug-likeness (QED) is 0.837. The number of para-hydroxylation sites is 1. The van der Waals surface area contributed by atoms with E-state index in [2.05, 4.69) is 4.74 Å². The maximum absolute atomic E-state index is 12.3. The topological polar surface area (TPSA) is 64.6 Å². The molecule has 0 heterocycles. The second kappa shape index (κ2) is 6.96. The number of halogens is 3. The summed E-state index contributed by atoms with van der Waals surface area (Å²) in [4.78, 5) is 22.5. The monoisotopic (exact) mass is 305 g/mol. The highest BCUT2D eigenvalue weighted by molar-refractivity contribution is 5.87. The zero-order chi connectivity index (χ0) is 16.0. The van der Waals surface area contributed by atoms with Crippen molar-refractivity contribution in [3.05, 3.63) is 29.8 Å². The summed E-state index contributed by atoms with van der Waals surface area (Å²) in [5.41, 5.74) is 0.470. The number of ether oxygens (including phenoxy) is 2. The van der Waals surface area contributed by atoms with E-state index < -0.39 is 24.1 Å². The summed E-state index contributed by atoms with van der Waals surface area (Å²) >= 11 is 0. The van der Waals surface area contributed by atoms with E-state index in [1.807, 2.05) is 0 Å². The third-order valence-corrected chi connectivity index (χ3v) is 2.67. The molecule has 0 aliphatic heterocycles. The van der Waals surface area contributed by atoms with Gasteiger partial charge in [0.1, 0.15) is 11.8 Å². The molecule has 116 valence electrons. The van der Waals surface area contributed by atoms with Crippen molar-refractivity contribution in [1.82, 2.24) is 5.32 Å². The van der Waals surface area contributed by atoms with Gasteiger partial charge < -0.3 is 14.8 Å². The first kappa shape index (κ1) is 16.8. The van der Waals surface area contributed by atoms with Crippen molar-refractivity contribution in [3.63, 3.8) is 0 Å². The van der Waals surface area contributed by atoms with Crippen LogP contribution in [0.3, 0.4) is 0 Å². The Bertz CT molecular complexity index is 516. The second-order valence-corrected chi connectivity index (χ2v) is 4.06. The van der Waals surface area contributed by atoms with Crippen LogP contribution in [-0.2, 0) is 20.7 Å². The lowest BCUT2D eigenvalue weighted by atomic mass is 10.0. The number of rotatable bonds is 5. The van der Waals surface area contributed by atoms with E-state index in [1.54, 1.807) is 29.6 Å². The van der Waals surface area contributed by atoms with E-state index in [0.29, 0.717) is 11.3 Å². The highest BCUT2D eigenvalue weighted by Gasteiger charge is 2.41. The van der Waals surface area contributed by atoms with Crippen molar-refractivity contribution >= 4 is 11.9 Å². The van der Waals surface area contributed by atoms with E-state index >= 15 is 0 Å². The molecule has 21 heavy (non-hydrogen) atoms. The highest BCUT2D eigenvalue weighted by Crippen LogP contribution is 2.20. The Morgan fingerprint density at radius 3 is 2.38 bits per heavy atom. The molecule has 1 N–H and O–H groups in total. The molecule has 0 fully saturated rings. The number of carbonyl (C=O) groups is 2. The van der Waals surface area contributed by atoms with Gasteiger partial charge in [-0.2, -0.15) is 13.2 Å². The molecule has 0 spiro atoms. The number of benzene rings is 1.